The molecule has 3 rings (SSSR count). The van der Waals surface area contributed by atoms with E-state index in [1.165, 1.54) is 0 Å². The van der Waals surface area contributed by atoms with Crippen LogP contribution in [0.15, 0.2) is 42.5 Å². The molecule has 3 N–H and O–H groups in total. The highest BCUT2D eigenvalue weighted by atomic mass is 16.5. The number of nitrogens with zero attached hydrogens (tertiary/aromatic N) is 1. The van der Waals surface area contributed by atoms with Gasteiger partial charge in [-0.05, 0) is 37.3 Å². The SMILES string of the molecule is CCN1C(=O)c2cc(NCC(O)CO)ccc2Oc2ccccc21. The predicted molar refractivity (Wildman–Crippen MR) is 91.9 cm³/mol. The summed E-state index contributed by atoms with van der Waals surface area (Å²) < 4.78 is 5.93. The van der Waals surface area contributed by atoms with E-state index < -0.39 is 6.10 Å². The summed E-state index contributed by atoms with van der Waals surface area (Å²) in [6.45, 7) is 2.32. The molecule has 1 atom stereocenters. The number of aliphatic hydroxyl groups excluding tert-OH is 2. The van der Waals surface area contributed by atoms with Crippen molar-refractivity contribution in [2.45, 2.75) is 13.0 Å². The summed E-state index contributed by atoms with van der Waals surface area (Å²) in [5.41, 5.74) is 1.88. The van der Waals surface area contributed by atoms with E-state index >= 15 is 0 Å². The minimum Gasteiger partial charge on any atom is -0.454 e. The van der Waals surface area contributed by atoms with Gasteiger partial charge in [0, 0.05) is 18.8 Å². The van der Waals surface area contributed by atoms with Crippen molar-refractivity contribution in [2.75, 3.05) is 29.9 Å². The maximum absolute atomic E-state index is 12.9. The van der Waals surface area contributed by atoms with Crippen LogP contribution in [0.2, 0.25) is 0 Å². The lowest BCUT2D eigenvalue weighted by molar-refractivity contribution is 0.0988. The summed E-state index contributed by atoms with van der Waals surface area (Å²) in [6.07, 6.45) is -0.854. The number of ether oxygens (including phenoxy) is 1. The molecule has 0 aromatic heterocycles. The monoisotopic (exact) mass is 328 g/mol. The lowest BCUT2D eigenvalue weighted by atomic mass is 10.1. The van der Waals surface area contributed by atoms with E-state index in [1.54, 1.807) is 23.1 Å². The molecule has 0 bridgehead atoms. The molecule has 6 nitrogen and oxygen atoms in total. The van der Waals surface area contributed by atoms with Crippen molar-refractivity contribution >= 4 is 17.3 Å². The van der Waals surface area contributed by atoms with Gasteiger partial charge in [-0.15, -0.1) is 0 Å². The first-order valence-corrected chi connectivity index (χ1v) is 7.89. The first-order valence-electron chi connectivity index (χ1n) is 7.89. The summed E-state index contributed by atoms with van der Waals surface area (Å²) in [7, 11) is 0. The van der Waals surface area contributed by atoms with E-state index in [9.17, 15) is 9.90 Å². The average molecular weight is 328 g/mol. The fourth-order valence-electron chi connectivity index (χ4n) is 2.65. The Labute approximate surface area is 140 Å². The van der Waals surface area contributed by atoms with Gasteiger partial charge in [-0.25, -0.2) is 0 Å². The maximum Gasteiger partial charge on any atom is 0.262 e. The Morgan fingerprint density at radius 2 is 2.00 bits per heavy atom. The zero-order valence-corrected chi connectivity index (χ0v) is 13.4. The number of nitrogens with one attached hydrogen (secondary N) is 1. The number of benzene rings is 2. The van der Waals surface area contributed by atoms with E-state index in [1.807, 2.05) is 31.2 Å². The van der Waals surface area contributed by atoms with Crippen LogP contribution in [0, 0.1) is 0 Å². The van der Waals surface area contributed by atoms with Crippen LogP contribution in [0.5, 0.6) is 11.5 Å². The minimum absolute atomic E-state index is 0.135. The molecule has 24 heavy (non-hydrogen) atoms. The van der Waals surface area contributed by atoms with Gasteiger partial charge in [-0.1, -0.05) is 12.1 Å². The molecule has 1 aliphatic rings. The molecule has 126 valence electrons. The molecule has 0 saturated heterocycles. The quantitative estimate of drug-likeness (QED) is 0.784. The van der Waals surface area contributed by atoms with Gasteiger partial charge >= 0.3 is 0 Å². The molecule has 6 heteroatoms. The zero-order chi connectivity index (χ0) is 17.1. The van der Waals surface area contributed by atoms with Crippen LogP contribution in [0.4, 0.5) is 11.4 Å². The van der Waals surface area contributed by atoms with Crippen LogP contribution in [0.25, 0.3) is 0 Å². The summed E-state index contributed by atoms with van der Waals surface area (Å²) >= 11 is 0. The maximum atomic E-state index is 12.9. The van der Waals surface area contributed by atoms with Crippen LogP contribution in [-0.4, -0.2) is 41.9 Å². The molecule has 0 radical (unpaired) electrons. The Kier molecular flexibility index (Phi) is 4.69. The fraction of sp³-hybridized carbons (Fsp3) is 0.278. The first-order chi connectivity index (χ1) is 11.6. The fourth-order valence-corrected chi connectivity index (χ4v) is 2.65. The number of amides is 1. The summed E-state index contributed by atoms with van der Waals surface area (Å²) in [4.78, 5) is 14.6. The Bertz CT molecular complexity index is 748. The number of carbonyl (C=O) groups is 1. The van der Waals surface area contributed by atoms with Crippen molar-refractivity contribution < 1.29 is 19.7 Å². The van der Waals surface area contributed by atoms with Crippen molar-refractivity contribution in [3.8, 4) is 11.5 Å². The molecule has 1 aliphatic heterocycles. The number of aliphatic hydroxyl groups is 2. The van der Waals surface area contributed by atoms with Crippen LogP contribution in [0.3, 0.4) is 0 Å². The second kappa shape index (κ2) is 6.90. The summed E-state index contributed by atoms with van der Waals surface area (Å²) in [5.74, 6) is 1.00. The highest BCUT2D eigenvalue weighted by Gasteiger charge is 2.27. The molecule has 1 amide bonds. The summed E-state index contributed by atoms with van der Waals surface area (Å²) in [5, 5.41) is 21.3. The van der Waals surface area contributed by atoms with E-state index in [4.69, 9.17) is 9.84 Å². The minimum atomic E-state index is -0.854. The third-order valence-electron chi connectivity index (χ3n) is 3.90. The molecular weight excluding hydrogens is 308 g/mol. The van der Waals surface area contributed by atoms with Gasteiger partial charge in [0.25, 0.3) is 5.91 Å². The Hall–Kier alpha value is -2.57. The van der Waals surface area contributed by atoms with Crippen molar-refractivity contribution in [1.82, 2.24) is 0 Å². The Morgan fingerprint density at radius 3 is 2.75 bits per heavy atom. The molecule has 2 aromatic carbocycles. The first kappa shape index (κ1) is 16.3. The second-order valence-corrected chi connectivity index (χ2v) is 5.55. The third-order valence-corrected chi connectivity index (χ3v) is 3.90. The average Bonchev–Trinajstić information content (AvgIpc) is 2.73. The van der Waals surface area contributed by atoms with Crippen LogP contribution in [-0.2, 0) is 0 Å². The number of anilines is 2. The van der Waals surface area contributed by atoms with Crippen molar-refractivity contribution in [2.24, 2.45) is 0 Å². The number of fused-ring (bicyclic) bond motifs is 2. The van der Waals surface area contributed by atoms with Crippen LogP contribution >= 0.6 is 0 Å². The molecule has 2 aromatic rings. The molecule has 0 saturated carbocycles. The smallest absolute Gasteiger partial charge is 0.262 e. The number of carbonyl (C=O) groups excluding carboxylic acids is 1. The van der Waals surface area contributed by atoms with Gasteiger partial charge in [0.15, 0.2) is 5.75 Å². The van der Waals surface area contributed by atoms with E-state index in [-0.39, 0.29) is 19.1 Å². The van der Waals surface area contributed by atoms with Gasteiger partial charge in [0.05, 0.1) is 24.0 Å². The Balaban J connectivity index is 1.95. The molecule has 0 aliphatic carbocycles. The van der Waals surface area contributed by atoms with E-state index in [0.717, 1.165) is 5.69 Å². The Morgan fingerprint density at radius 1 is 1.21 bits per heavy atom. The highest BCUT2D eigenvalue weighted by molar-refractivity contribution is 6.10. The molecule has 0 spiro atoms. The van der Waals surface area contributed by atoms with Gasteiger partial charge < -0.3 is 25.2 Å². The van der Waals surface area contributed by atoms with Gasteiger partial charge in [0.2, 0.25) is 0 Å². The van der Waals surface area contributed by atoms with E-state index in [0.29, 0.717) is 29.3 Å². The molecular formula is C18H20N2O4. The number of rotatable bonds is 5. The zero-order valence-electron chi connectivity index (χ0n) is 13.4. The summed E-state index contributed by atoms with van der Waals surface area (Å²) in [6, 6.07) is 12.7. The largest absolute Gasteiger partial charge is 0.454 e. The van der Waals surface area contributed by atoms with Gasteiger partial charge in [-0.3, -0.25) is 4.79 Å². The van der Waals surface area contributed by atoms with Crippen molar-refractivity contribution in [3.63, 3.8) is 0 Å². The highest BCUT2D eigenvalue weighted by Crippen LogP contribution is 2.39. The van der Waals surface area contributed by atoms with Crippen LogP contribution < -0.4 is 15.0 Å². The van der Waals surface area contributed by atoms with E-state index in [2.05, 4.69) is 5.32 Å². The molecule has 1 unspecified atom stereocenters. The van der Waals surface area contributed by atoms with Gasteiger partial charge in [-0.2, -0.15) is 0 Å². The lowest BCUT2D eigenvalue weighted by Crippen LogP contribution is -2.30. The predicted octanol–water partition coefficient (Wildman–Crippen LogP) is 2.22. The van der Waals surface area contributed by atoms with Crippen molar-refractivity contribution in [1.29, 1.82) is 0 Å². The van der Waals surface area contributed by atoms with Gasteiger partial charge in [0.1, 0.15) is 5.75 Å². The molecule has 1 heterocycles. The normalized spacial score (nSPS) is 14.3. The number of hydrogen-bond acceptors (Lipinski definition) is 5. The lowest BCUT2D eigenvalue weighted by Gasteiger charge is -2.20. The standard InChI is InChI=1S/C18H20N2O4/c1-2-20-15-5-3-4-6-17(15)24-16-8-7-12(9-14(16)18(20)23)19-10-13(22)11-21/h3-9,13,19,21-22H,2,10-11H2,1H3. The number of hydrogen-bond donors (Lipinski definition) is 3. The number of para-hydroxylation sites is 2. The van der Waals surface area contributed by atoms with Crippen molar-refractivity contribution in [3.05, 3.63) is 48.0 Å². The molecule has 0 fully saturated rings. The second-order valence-electron chi connectivity index (χ2n) is 5.55. The van der Waals surface area contributed by atoms with Crippen LogP contribution in [0.1, 0.15) is 17.3 Å². The third kappa shape index (κ3) is 3.06. The topological polar surface area (TPSA) is 82.0 Å².